The van der Waals surface area contributed by atoms with Crippen LogP contribution < -0.4 is 0 Å². The third-order valence-corrected chi connectivity index (χ3v) is 3.85. The SMILES string of the molecule is CC(C)N(C1=C(N(C(C)C)C(C)C)C1Cl)C(C)C. The highest BCUT2D eigenvalue weighted by atomic mass is 35.5. The Balaban J connectivity index is 3.01. The van der Waals surface area contributed by atoms with E-state index in [0.717, 1.165) is 0 Å². The molecule has 0 spiro atoms. The molecule has 0 aromatic heterocycles. The molecule has 0 atom stereocenters. The lowest BCUT2D eigenvalue weighted by Gasteiger charge is -2.32. The number of rotatable bonds is 6. The second kappa shape index (κ2) is 5.73. The van der Waals surface area contributed by atoms with Crippen molar-refractivity contribution >= 4 is 11.6 Å². The molecule has 0 amide bonds. The molecule has 0 radical (unpaired) electrons. The van der Waals surface area contributed by atoms with Gasteiger partial charge < -0.3 is 9.80 Å². The molecule has 0 bridgehead atoms. The molecule has 0 unspecified atom stereocenters. The highest BCUT2D eigenvalue weighted by Crippen LogP contribution is 2.45. The van der Waals surface area contributed by atoms with Crippen molar-refractivity contribution in [2.45, 2.75) is 84.9 Å². The van der Waals surface area contributed by atoms with Gasteiger partial charge in [0.1, 0.15) is 5.38 Å². The first-order chi connectivity index (χ1) is 8.20. The minimum atomic E-state index is 0.111. The highest BCUT2D eigenvalue weighted by Gasteiger charge is 2.45. The Kier molecular flexibility index (Phi) is 4.99. The molecular weight excluding hydrogens is 244 g/mol. The van der Waals surface area contributed by atoms with E-state index in [-0.39, 0.29) is 5.38 Å². The monoisotopic (exact) mass is 272 g/mol. The van der Waals surface area contributed by atoms with Gasteiger partial charge in [-0.05, 0) is 55.4 Å². The van der Waals surface area contributed by atoms with Crippen LogP contribution in [-0.4, -0.2) is 39.3 Å². The lowest BCUT2D eigenvalue weighted by molar-refractivity contribution is 0.225. The molecule has 0 heterocycles. The van der Waals surface area contributed by atoms with E-state index in [1.807, 2.05) is 0 Å². The minimum absolute atomic E-state index is 0.111. The van der Waals surface area contributed by atoms with Crippen LogP contribution in [0.3, 0.4) is 0 Å². The van der Waals surface area contributed by atoms with Crippen LogP contribution in [0.5, 0.6) is 0 Å². The maximum Gasteiger partial charge on any atom is 0.117 e. The molecule has 0 fully saturated rings. The highest BCUT2D eigenvalue weighted by molar-refractivity contribution is 6.27. The van der Waals surface area contributed by atoms with Gasteiger partial charge in [0, 0.05) is 24.2 Å². The van der Waals surface area contributed by atoms with E-state index in [2.05, 4.69) is 65.2 Å². The summed E-state index contributed by atoms with van der Waals surface area (Å²) in [7, 11) is 0. The Morgan fingerprint density at radius 1 is 0.667 bits per heavy atom. The van der Waals surface area contributed by atoms with Gasteiger partial charge >= 0.3 is 0 Å². The van der Waals surface area contributed by atoms with Crippen molar-refractivity contribution < 1.29 is 0 Å². The Labute approximate surface area is 118 Å². The van der Waals surface area contributed by atoms with Crippen molar-refractivity contribution in [3.8, 4) is 0 Å². The average molecular weight is 273 g/mol. The number of alkyl halides is 1. The van der Waals surface area contributed by atoms with Gasteiger partial charge in [-0.3, -0.25) is 0 Å². The number of allylic oxidation sites excluding steroid dienone is 2. The largest absolute Gasteiger partial charge is 0.367 e. The Morgan fingerprint density at radius 3 is 1.06 bits per heavy atom. The molecule has 1 rings (SSSR count). The molecule has 0 saturated heterocycles. The lowest BCUT2D eigenvalue weighted by atomic mass is 10.2. The van der Waals surface area contributed by atoms with E-state index in [4.69, 9.17) is 11.6 Å². The second-order valence-electron chi connectivity index (χ2n) is 6.32. The molecule has 0 aliphatic heterocycles. The number of hydrogen-bond acceptors (Lipinski definition) is 2. The molecule has 2 nitrogen and oxygen atoms in total. The molecule has 1 aliphatic carbocycles. The molecule has 0 aromatic rings. The standard InChI is InChI=1S/C15H29ClN2/c1-9(2)17(10(3)4)14-13(16)15(14)18(11(5)6)12(7)8/h9-13H,1-8H3. The van der Waals surface area contributed by atoms with Crippen molar-refractivity contribution in [2.24, 2.45) is 0 Å². The molecule has 18 heavy (non-hydrogen) atoms. The summed E-state index contributed by atoms with van der Waals surface area (Å²) in [5.74, 6) is 0. The van der Waals surface area contributed by atoms with Crippen LogP contribution in [0.2, 0.25) is 0 Å². The fourth-order valence-corrected chi connectivity index (χ4v) is 3.39. The second-order valence-corrected chi connectivity index (χ2v) is 6.76. The first-order valence-corrected chi connectivity index (χ1v) is 7.58. The lowest BCUT2D eigenvalue weighted by Crippen LogP contribution is -2.35. The van der Waals surface area contributed by atoms with E-state index < -0.39 is 0 Å². The molecule has 0 aromatic carbocycles. The van der Waals surface area contributed by atoms with Crippen LogP contribution in [-0.2, 0) is 0 Å². The van der Waals surface area contributed by atoms with E-state index in [1.165, 1.54) is 11.4 Å². The number of hydrogen-bond donors (Lipinski definition) is 0. The molecule has 0 N–H and O–H groups in total. The van der Waals surface area contributed by atoms with Crippen molar-refractivity contribution in [1.82, 2.24) is 9.80 Å². The minimum Gasteiger partial charge on any atom is -0.367 e. The fraction of sp³-hybridized carbons (Fsp3) is 0.867. The Hall–Kier alpha value is -0.370. The summed E-state index contributed by atoms with van der Waals surface area (Å²) in [4.78, 5) is 4.90. The van der Waals surface area contributed by atoms with Crippen LogP contribution in [0, 0.1) is 0 Å². The van der Waals surface area contributed by atoms with Crippen LogP contribution in [0.25, 0.3) is 0 Å². The number of nitrogens with zero attached hydrogens (tertiary/aromatic N) is 2. The zero-order chi connectivity index (χ0) is 14.2. The third kappa shape index (κ3) is 2.96. The Morgan fingerprint density at radius 2 is 0.889 bits per heavy atom. The van der Waals surface area contributed by atoms with Gasteiger partial charge in [-0.1, -0.05) is 0 Å². The average Bonchev–Trinajstić information content (AvgIpc) is 2.76. The zero-order valence-electron chi connectivity index (χ0n) is 13.2. The summed E-state index contributed by atoms with van der Waals surface area (Å²) in [5.41, 5.74) is 2.67. The van der Waals surface area contributed by atoms with Crippen LogP contribution in [0.4, 0.5) is 0 Å². The van der Waals surface area contributed by atoms with E-state index in [1.54, 1.807) is 0 Å². The van der Waals surface area contributed by atoms with Crippen molar-refractivity contribution in [3.63, 3.8) is 0 Å². The van der Waals surface area contributed by atoms with Gasteiger partial charge in [-0.2, -0.15) is 0 Å². The topological polar surface area (TPSA) is 6.48 Å². The van der Waals surface area contributed by atoms with Gasteiger partial charge in [0.25, 0.3) is 0 Å². The van der Waals surface area contributed by atoms with E-state index in [0.29, 0.717) is 24.2 Å². The van der Waals surface area contributed by atoms with Gasteiger partial charge in [0.15, 0.2) is 0 Å². The van der Waals surface area contributed by atoms with Crippen molar-refractivity contribution in [2.75, 3.05) is 0 Å². The number of halogens is 1. The van der Waals surface area contributed by atoms with Crippen LogP contribution >= 0.6 is 11.6 Å². The van der Waals surface area contributed by atoms with Crippen molar-refractivity contribution in [1.29, 1.82) is 0 Å². The summed E-state index contributed by atoms with van der Waals surface area (Å²) in [5, 5.41) is 0.111. The van der Waals surface area contributed by atoms with E-state index >= 15 is 0 Å². The van der Waals surface area contributed by atoms with Gasteiger partial charge in [0.05, 0.1) is 11.4 Å². The maximum atomic E-state index is 6.53. The molecule has 1 aliphatic rings. The summed E-state index contributed by atoms with van der Waals surface area (Å²) in [6.07, 6.45) is 0. The molecule has 106 valence electrons. The summed E-state index contributed by atoms with van der Waals surface area (Å²) in [6.45, 7) is 17.9. The van der Waals surface area contributed by atoms with Gasteiger partial charge in [0.2, 0.25) is 0 Å². The fourth-order valence-electron chi connectivity index (χ4n) is 3.01. The molecular formula is C15H29ClN2. The first-order valence-electron chi connectivity index (χ1n) is 7.14. The predicted octanol–water partition coefficient (Wildman–Crippen LogP) is 4.06. The maximum absolute atomic E-state index is 6.53. The van der Waals surface area contributed by atoms with Crippen LogP contribution in [0.15, 0.2) is 11.4 Å². The Bertz CT molecular complexity index is 272. The molecule has 0 saturated carbocycles. The van der Waals surface area contributed by atoms with Crippen LogP contribution in [0.1, 0.15) is 55.4 Å². The van der Waals surface area contributed by atoms with Gasteiger partial charge in [-0.15, -0.1) is 11.6 Å². The smallest absolute Gasteiger partial charge is 0.117 e. The normalized spacial score (nSPS) is 16.5. The summed E-state index contributed by atoms with van der Waals surface area (Å²) < 4.78 is 0. The third-order valence-electron chi connectivity index (χ3n) is 3.44. The summed E-state index contributed by atoms with van der Waals surface area (Å²) >= 11 is 6.53. The quantitative estimate of drug-likeness (QED) is 0.673. The first kappa shape index (κ1) is 15.7. The zero-order valence-corrected chi connectivity index (χ0v) is 13.9. The molecule has 3 heteroatoms. The van der Waals surface area contributed by atoms with Crippen molar-refractivity contribution in [3.05, 3.63) is 11.4 Å². The van der Waals surface area contributed by atoms with Gasteiger partial charge in [-0.25, -0.2) is 0 Å². The van der Waals surface area contributed by atoms with E-state index in [9.17, 15) is 0 Å². The summed E-state index contributed by atoms with van der Waals surface area (Å²) in [6, 6.07) is 2.00. The predicted molar refractivity (Wildman–Crippen MR) is 80.9 cm³/mol.